The molecule has 3 atom stereocenters. The quantitative estimate of drug-likeness (QED) is 0.713. The van der Waals surface area contributed by atoms with Crippen molar-refractivity contribution in [2.75, 3.05) is 31.6 Å². The number of morpholine rings is 1. The Bertz CT molecular complexity index is 999. The number of ether oxygens (including phenoxy) is 1. The van der Waals surface area contributed by atoms with E-state index in [2.05, 4.69) is 32.3 Å². The molecule has 0 aliphatic carbocycles. The topological polar surface area (TPSA) is 70.6 Å². The minimum absolute atomic E-state index is 0.00796. The van der Waals surface area contributed by atoms with Crippen molar-refractivity contribution in [3.05, 3.63) is 53.3 Å². The molecule has 0 unspecified atom stereocenters. The molecular formula is C24H28F3N5O2. The second-order valence-corrected chi connectivity index (χ2v) is 9.21. The van der Waals surface area contributed by atoms with Gasteiger partial charge in [-0.05, 0) is 31.2 Å². The zero-order valence-corrected chi connectivity index (χ0v) is 18.8. The summed E-state index contributed by atoms with van der Waals surface area (Å²) in [6.07, 6.45) is 0.0590. The molecule has 5 rings (SSSR count). The molecule has 3 fully saturated rings. The Labute approximate surface area is 196 Å². The van der Waals surface area contributed by atoms with Crippen LogP contribution in [0.5, 0.6) is 0 Å². The van der Waals surface area contributed by atoms with E-state index in [1.807, 2.05) is 18.2 Å². The lowest BCUT2D eigenvalue weighted by atomic mass is 9.96. The van der Waals surface area contributed by atoms with Crippen molar-refractivity contribution in [2.45, 2.75) is 56.5 Å². The fourth-order valence-electron chi connectivity index (χ4n) is 5.39. The number of rotatable bonds is 5. The van der Waals surface area contributed by atoms with Crippen molar-refractivity contribution in [3.8, 4) is 0 Å². The lowest BCUT2D eigenvalue weighted by Gasteiger charge is -2.39. The number of carbonyl (C=O) groups excluding carboxylic acids is 1. The van der Waals surface area contributed by atoms with Gasteiger partial charge in [0.2, 0.25) is 5.95 Å². The van der Waals surface area contributed by atoms with Gasteiger partial charge in [-0.15, -0.1) is 0 Å². The van der Waals surface area contributed by atoms with E-state index in [4.69, 9.17) is 4.74 Å². The van der Waals surface area contributed by atoms with E-state index in [1.54, 1.807) is 0 Å². The number of nitrogens with zero attached hydrogens (tertiary/aromatic N) is 4. The molecule has 3 aliphatic heterocycles. The van der Waals surface area contributed by atoms with Crippen LogP contribution in [0.25, 0.3) is 0 Å². The Morgan fingerprint density at radius 1 is 1.09 bits per heavy atom. The van der Waals surface area contributed by atoms with E-state index in [0.29, 0.717) is 25.3 Å². The number of hydrogen-bond acceptors (Lipinski definition) is 6. The molecule has 3 aliphatic rings. The summed E-state index contributed by atoms with van der Waals surface area (Å²) in [4.78, 5) is 24.5. The third-order valence-electron chi connectivity index (χ3n) is 7.01. The first-order valence-corrected chi connectivity index (χ1v) is 11.8. The monoisotopic (exact) mass is 475 g/mol. The molecule has 0 saturated carbocycles. The van der Waals surface area contributed by atoms with Crippen LogP contribution in [-0.4, -0.2) is 70.1 Å². The van der Waals surface area contributed by atoms with Crippen molar-refractivity contribution >= 4 is 11.9 Å². The third-order valence-corrected chi connectivity index (χ3v) is 7.01. The first-order valence-electron chi connectivity index (χ1n) is 11.8. The number of nitrogens with one attached hydrogen (secondary N) is 1. The Hall–Kier alpha value is -2.72. The summed E-state index contributed by atoms with van der Waals surface area (Å²) in [5.41, 5.74) is -0.437. The SMILES string of the molecule is O=C(c1cnc(N[C@@H]2C[C@H]3CC[C@@H](C2)N3Cc2ccccc2)nc1C(F)(F)F)N1CCOCC1. The van der Waals surface area contributed by atoms with Gasteiger partial charge in [-0.2, -0.15) is 13.2 Å². The van der Waals surface area contributed by atoms with Crippen LogP contribution in [-0.2, 0) is 17.5 Å². The zero-order chi connectivity index (χ0) is 23.7. The van der Waals surface area contributed by atoms with Crippen LogP contribution in [0.1, 0.15) is 47.3 Å². The Kier molecular flexibility index (Phi) is 6.44. The fraction of sp³-hybridized carbons (Fsp3) is 0.542. The van der Waals surface area contributed by atoms with Crippen molar-refractivity contribution in [1.29, 1.82) is 0 Å². The number of benzene rings is 1. The minimum atomic E-state index is -4.76. The maximum Gasteiger partial charge on any atom is 0.434 e. The van der Waals surface area contributed by atoms with Crippen molar-refractivity contribution in [3.63, 3.8) is 0 Å². The summed E-state index contributed by atoms with van der Waals surface area (Å²) in [6.45, 7) is 1.99. The number of carbonyl (C=O) groups is 1. The molecule has 4 heterocycles. The van der Waals surface area contributed by atoms with E-state index in [1.165, 1.54) is 10.5 Å². The summed E-state index contributed by atoms with van der Waals surface area (Å²) in [6, 6.07) is 11.1. The summed E-state index contributed by atoms with van der Waals surface area (Å²) in [5, 5.41) is 3.13. The van der Waals surface area contributed by atoms with E-state index >= 15 is 0 Å². The molecule has 1 N–H and O–H groups in total. The Balaban J connectivity index is 1.29. The van der Waals surface area contributed by atoms with Gasteiger partial charge >= 0.3 is 6.18 Å². The zero-order valence-electron chi connectivity index (χ0n) is 18.8. The molecule has 2 aromatic rings. The predicted octanol–water partition coefficient (Wildman–Crippen LogP) is 3.58. The predicted molar refractivity (Wildman–Crippen MR) is 119 cm³/mol. The molecule has 10 heteroatoms. The van der Waals surface area contributed by atoms with Gasteiger partial charge in [-0.25, -0.2) is 9.97 Å². The summed E-state index contributed by atoms with van der Waals surface area (Å²) in [5.74, 6) is -0.791. The number of aromatic nitrogens is 2. The average Bonchev–Trinajstić information content (AvgIpc) is 3.06. The molecule has 1 aromatic carbocycles. The number of amides is 1. The summed E-state index contributed by atoms with van der Waals surface area (Å²) in [7, 11) is 0. The highest BCUT2D eigenvalue weighted by Crippen LogP contribution is 2.38. The van der Waals surface area contributed by atoms with Gasteiger partial charge in [-0.3, -0.25) is 9.69 Å². The fourth-order valence-corrected chi connectivity index (χ4v) is 5.39. The molecule has 182 valence electrons. The number of hydrogen-bond donors (Lipinski definition) is 1. The normalized spacial score (nSPS) is 25.4. The highest BCUT2D eigenvalue weighted by atomic mass is 19.4. The van der Waals surface area contributed by atoms with Crippen LogP contribution in [0.2, 0.25) is 0 Å². The van der Waals surface area contributed by atoms with Gasteiger partial charge < -0.3 is 15.0 Å². The Morgan fingerprint density at radius 3 is 2.41 bits per heavy atom. The molecule has 0 radical (unpaired) electrons. The molecule has 1 aromatic heterocycles. The van der Waals surface area contributed by atoms with Gasteiger partial charge in [0, 0.05) is 44.0 Å². The van der Waals surface area contributed by atoms with E-state index in [9.17, 15) is 18.0 Å². The molecule has 7 nitrogen and oxygen atoms in total. The molecular weight excluding hydrogens is 447 g/mol. The summed E-state index contributed by atoms with van der Waals surface area (Å²) >= 11 is 0. The van der Waals surface area contributed by atoms with E-state index in [0.717, 1.165) is 38.4 Å². The lowest BCUT2D eigenvalue weighted by Crippen LogP contribution is -2.46. The van der Waals surface area contributed by atoms with Gasteiger partial charge in [0.05, 0.1) is 18.8 Å². The summed E-state index contributed by atoms with van der Waals surface area (Å²) < 4.78 is 46.6. The second-order valence-electron chi connectivity index (χ2n) is 9.21. The van der Waals surface area contributed by atoms with E-state index in [-0.39, 0.29) is 25.1 Å². The van der Waals surface area contributed by atoms with Crippen LogP contribution >= 0.6 is 0 Å². The van der Waals surface area contributed by atoms with Crippen LogP contribution in [0, 0.1) is 0 Å². The number of halogens is 3. The first-order chi connectivity index (χ1) is 16.4. The van der Waals surface area contributed by atoms with Crippen LogP contribution < -0.4 is 5.32 Å². The Morgan fingerprint density at radius 2 is 1.76 bits per heavy atom. The lowest BCUT2D eigenvalue weighted by molar-refractivity contribution is -0.141. The molecule has 34 heavy (non-hydrogen) atoms. The van der Waals surface area contributed by atoms with Crippen LogP contribution in [0.4, 0.5) is 19.1 Å². The standard InChI is InChI=1S/C24H28F3N5O2/c25-24(26,27)21-20(22(33)31-8-10-34-11-9-31)14-28-23(30-21)29-17-12-18-6-7-19(13-17)32(18)15-16-4-2-1-3-5-16/h1-5,14,17-19H,6-13,15H2,(H,28,29,30)/t17-,18-,19+. The second kappa shape index (κ2) is 9.50. The number of anilines is 1. The van der Waals surface area contributed by atoms with Crippen LogP contribution in [0.15, 0.2) is 36.5 Å². The number of alkyl halides is 3. The minimum Gasteiger partial charge on any atom is -0.378 e. The van der Waals surface area contributed by atoms with Crippen molar-refractivity contribution < 1.29 is 22.7 Å². The third kappa shape index (κ3) is 4.88. The smallest absolute Gasteiger partial charge is 0.378 e. The first kappa shape index (κ1) is 23.0. The highest BCUT2D eigenvalue weighted by Gasteiger charge is 2.42. The van der Waals surface area contributed by atoms with Gasteiger partial charge in [0.1, 0.15) is 0 Å². The molecule has 0 spiro atoms. The van der Waals surface area contributed by atoms with Gasteiger partial charge in [0.25, 0.3) is 5.91 Å². The largest absolute Gasteiger partial charge is 0.434 e. The van der Waals surface area contributed by atoms with Gasteiger partial charge in [-0.1, -0.05) is 30.3 Å². The molecule has 1 amide bonds. The van der Waals surface area contributed by atoms with Gasteiger partial charge in [0.15, 0.2) is 5.69 Å². The maximum absolute atomic E-state index is 13.8. The van der Waals surface area contributed by atoms with E-state index < -0.39 is 23.3 Å². The highest BCUT2D eigenvalue weighted by molar-refractivity contribution is 5.95. The average molecular weight is 476 g/mol. The number of fused-ring (bicyclic) bond motifs is 2. The molecule has 2 bridgehead atoms. The maximum atomic E-state index is 13.8. The van der Waals surface area contributed by atoms with Crippen molar-refractivity contribution in [1.82, 2.24) is 19.8 Å². The van der Waals surface area contributed by atoms with Crippen molar-refractivity contribution in [2.24, 2.45) is 0 Å². The molecule has 3 saturated heterocycles. The number of piperidine rings is 1. The van der Waals surface area contributed by atoms with Crippen LogP contribution in [0.3, 0.4) is 0 Å².